The van der Waals surface area contributed by atoms with E-state index in [0.29, 0.717) is 0 Å². The quantitative estimate of drug-likeness (QED) is 0.127. The maximum absolute atomic E-state index is 2.33. The van der Waals surface area contributed by atoms with Crippen molar-refractivity contribution in [2.24, 2.45) is 0 Å². The minimum Gasteiger partial charge on any atom is -0.0622 e. The summed E-state index contributed by atoms with van der Waals surface area (Å²) in [6.07, 6.45) is 13.6. The molecule has 0 fully saturated rings. The maximum atomic E-state index is 2.33. The lowest BCUT2D eigenvalue weighted by Gasteiger charge is -2.13. The van der Waals surface area contributed by atoms with Gasteiger partial charge in [-0.2, -0.15) is 0 Å². The highest BCUT2D eigenvalue weighted by atomic mass is 14.1. The molecule has 0 aromatic heterocycles. The van der Waals surface area contributed by atoms with Crippen molar-refractivity contribution in [3.63, 3.8) is 0 Å². The van der Waals surface area contributed by atoms with Gasteiger partial charge in [-0.1, -0.05) is 206 Å². The smallest absolute Gasteiger partial charge is 0.0103 e. The summed E-state index contributed by atoms with van der Waals surface area (Å²) in [7, 11) is 0. The zero-order valence-electron chi connectivity index (χ0n) is 29.8. The first kappa shape index (κ1) is 34.0. The van der Waals surface area contributed by atoms with Crippen molar-refractivity contribution in [3.05, 3.63) is 249 Å². The van der Waals surface area contributed by atoms with Crippen LogP contribution in [-0.4, -0.2) is 0 Å². The molecule has 0 aliphatic carbocycles. The first-order chi connectivity index (χ1) is 25.6. The third-order valence-electron chi connectivity index (χ3n) is 9.51. The Bertz CT molecular complexity index is 2230. The molecular formula is C52H42. The summed E-state index contributed by atoms with van der Waals surface area (Å²) in [5.41, 5.74) is 16.9. The highest BCUT2D eigenvalue weighted by Crippen LogP contribution is 2.32. The van der Waals surface area contributed by atoms with Gasteiger partial charge in [-0.3, -0.25) is 0 Å². The highest BCUT2D eigenvalue weighted by molar-refractivity contribution is 5.96. The zero-order valence-corrected chi connectivity index (χ0v) is 29.8. The van der Waals surface area contributed by atoms with Gasteiger partial charge in [0.25, 0.3) is 0 Å². The van der Waals surface area contributed by atoms with Crippen molar-refractivity contribution in [3.8, 4) is 0 Å². The second-order valence-corrected chi connectivity index (χ2v) is 13.0. The standard InChI is InChI=1S/C52H42/c1-39-19-9-17-31-49(39)51(45-25-5-3-6-26-45)37-47-29-15-13-23-43(47)35-33-41-21-11-12-22-42(41)34-36-44-24-14-16-30-48(44)38-52(46-27-7-4-8-28-46)50-32-18-10-20-40(50)2/h3-38H,1-2H3. The first-order valence-corrected chi connectivity index (χ1v) is 17.9. The summed E-state index contributed by atoms with van der Waals surface area (Å²) in [5.74, 6) is 0. The molecule has 0 aliphatic heterocycles. The minimum absolute atomic E-state index is 1.16. The van der Waals surface area contributed by atoms with Crippen LogP contribution in [0.25, 0.3) is 47.6 Å². The largest absolute Gasteiger partial charge is 0.0622 e. The van der Waals surface area contributed by atoms with Gasteiger partial charge in [0.15, 0.2) is 0 Å². The summed E-state index contributed by atoms with van der Waals surface area (Å²) < 4.78 is 0. The summed E-state index contributed by atoms with van der Waals surface area (Å²) in [6, 6.07) is 64.5. The van der Waals surface area contributed by atoms with Crippen LogP contribution in [0.15, 0.2) is 182 Å². The Morgan fingerprint density at radius 3 is 0.904 bits per heavy atom. The number of hydrogen-bond donors (Lipinski definition) is 0. The van der Waals surface area contributed by atoms with E-state index in [1.807, 2.05) is 0 Å². The molecule has 0 aliphatic rings. The van der Waals surface area contributed by atoms with Crippen molar-refractivity contribution in [1.29, 1.82) is 0 Å². The average molecular weight is 667 g/mol. The molecule has 0 spiro atoms. The van der Waals surface area contributed by atoms with Gasteiger partial charge in [0.1, 0.15) is 0 Å². The second-order valence-electron chi connectivity index (χ2n) is 13.0. The van der Waals surface area contributed by atoms with E-state index in [-0.39, 0.29) is 0 Å². The van der Waals surface area contributed by atoms with Crippen LogP contribution in [-0.2, 0) is 0 Å². The SMILES string of the molecule is Cc1ccccc1C(=Cc1ccccc1C=Cc1ccccc1C=Cc1ccccc1C=C(c1ccccc1)c1ccccc1C)c1ccccc1. The van der Waals surface area contributed by atoms with Gasteiger partial charge in [-0.05, 0) is 104 Å². The highest BCUT2D eigenvalue weighted by Gasteiger charge is 2.11. The molecule has 250 valence electrons. The monoisotopic (exact) mass is 666 g/mol. The molecular weight excluding hydrogens is 625 g/mol. The molecule has 0 atom stereocenters. The predicted octanol–water partition coefficient (Wildman–Crippen LogP) is 13.8. The molecule has 0 saturated carbocycles. The molecule has 0 N–H and O–H groups in total. The molecule has 0 heteroatoms. The Morgan fingerprint density at radius 1 is 0.288 bits per heavy atom. The van der Waals surface area contributed by atoms with Crippen molar-refractivity contribution < 1.29 is 0 Å². The second kappa shape index (κ2) is 16.5. The van der Waals surface area contributed by atoms with Crippen LogP contribution in [0.4, 0.5) is 0 Å². The van der Waals surface area contributed by atoms with Gasteiger partial charge in [0.2, 0.25) is 0 Å². The van der Waals surface area contributed by atoms with E-state index in [1.165, 1.54) is 66.8 Å². The van der Waals surface area contributed by atoms with Crippen molar-refractivity contribution >= 4 is 47.6 Å². The molecule has 7 aromatic rings. The molecule has 7 aromatic carbocycles. The van der Waals surface area contributed by atoms with E-state index in [4.69, 9.17) is 0 Å². The van der Waals surface area contributed by atoms with Crippen LogP contribution in [0, 0.1) is 13.8 Å². The summed E-state index contributed by atoms with van der Waals surface area (Å²) >= 11 is 0. The summed E-state index contributed by atoms with van der Waals surface area (Å²) in [5, 5.41) is 0. The molecule has 0 nitrogen and oxygen atoms in total. The van der Waals surface area contributed by atoms with Crippen LogP contribution >= 0.6 is 0 Å². The molecule has 0 amide bonds. The molecule has 0 saturated heterocycles. The third kappa shape index (κ3) is 8.10. The van der Waals surface area contributed by atoms with Gasteiger partial charge in [-0.15, -0.1) is 0 Å². The lowest BCUT2D eigenvalue weighted by molar-refractivity contribution is 1.42. The van der Waals surface area contributed by atoms with E-state index in [1.54, 1.807) is 0 Å². The number of hydrogen-bond acceptors (Lipinski definition) is 0. The van der Waals surface area contributed by atoms with Crippen LogP contribution in [0.3, 0.4) is 0 Å². The molecule has 52 heavy (non-hydrogen) atoms. The van der Waals surface area contributed by atoms with E-state index in [0.717, 1.165) is 11.1 Å². The fraction of sp³-hybridized carbons (Fsp3) is 0.0385. The topological polar surface area (TPSA) is 0 Å². The van der Waals surface area contributed by atoms with E-state index < -0.39 is 0 Å². The van der Waals surface area contributed by atoms with Crippen molar-refractivity contribution in [2.75, 3.05) is 0 Å². The number of aryl methyl sites for hydroxylation is 2. The van der Waals surface area contributed by atoms with Gasteiger partial charge in [-0.25, -0.2) is 0 Å². The molecule has 0 bridgehead atoms. The zero-order chi connectivity index (χ0) is 35.5. The maximum Gasteiger partial charge on any atom is -0.0103 e. The normalized spacial score (nSPS) is 12.1. The lowest BCUT2D eigenvalue weighted by Crippen LogP contribution is -1.92. The minimum atomic E-state index is 1.16. The van der Waals surface area contributed by atoms with Crippen LogP contribution in [0.5, 0.6) is 0 Å². The average Bonchev–Trinajstić information content (AvgIpc) is 3.20. The fourth-order valence-electron chi connectivity index (χ4n) is 6.69. The Labute approximate surface area is 309 Å². The first-order valence-electron chi connectivity index (χ1n) is 17.9. The van der Waals surface area contributed by atoms with E-state index >= 15 is 0 Å². The van der Waals surface area contributed by atoms with Gasteiger partial charge in [0, 0.05) is 0 Å². The molecule has 0 heterocycles. The Hall–Kier alpha value is -6.50. The van der Waals surface area contributed by atoms with Crippen molar-refractivity contribution in [2.45, 2.75) is 13.8 Å². The Morgan fingerprint density at radius 2 is 0.558 bits per heavy atom. The van der Waals surface area contributed by atoms with E-state index in [9.17, 15) is 0 Å². The number of rotatable bonds is 10. The summed E-state index contributed by atoms with van der Waals surface area (Å²) in [4.78, 5) is 0. The van der Waals surface area contributed by atoms with Crippen LogP contribution < -0.4 is 0 Å². The Balaban J connectivity index is 1.23. The number of benzene rings is 7. The third-order valence-corrected chi connectivity index (χ3v) is 9.51. The molecule has 0 radical (unpaired) electrons. The molecule has 7 rings (SSSR count). The summed E-state index contributed by atoms with van der Waals surface area (Å²) in [6.45, 7) is 4.37. The lowest BCUT2D eigenvalue weighted by atomic mass is 9.91. The van der Waals surface area contributed by atoms with Crippen LogP contribution in [0.1, 0.15) is 66.8 Å². The van der Waals surface area contributed by atoms with Crippen LogP contribution in [0.2, 0.25) is 0 Å². The van der Waals surface area contributed by atoms with E-state index in [2.05, 4.69) is 232 Å². The van der Waals surface area contributed by atoms with Gasteiger partial charge in [0.05, 0.1) is 0 Å². The predicted molar refractivity (Wildman–Crippen MR) is 226 cm³/mol. The van der Waals surface area contributed by atoms with Crippen molar-refractivity contribution in [1.82, 2.24) is 0 Å². The molecule has 0 unspecified atom stereocenters. The Kier molecular flexibility index (Phi) is 10.8. The van der Waals surface area contributed by atoms with Gasteiger partial charge < -0.3 is 0 Å². The van der Waals surface area contributed by atoms with Gasteiger partial charge >= 0.3 is 0 Å². The fourth-order valence-corrected chi connectivity index (χ4v) is 6.69.